The van der Waals surface area contributed by atoms with Crippen LogP contribution in [0.4, 0.5) is 0 Å². The van der Waals surface area contributed by atoms with E-state index in [1.807, 2.05) is 20.8 Å². The van der Waals surface area contributed by atoms with Gasteiger partial charge in [-0.25, -0.2) is 0 Å². The molecule has 0 saturated heterocycles. The van der Waals surface area contributed by atoms with Gasteiger partial charge in [-0.1, -0.05) is 13.8 Å². The average Bonchev–Trinajstić information content (AvgIpc) is 2.10. The van der Waals surface area contributed by atoms with Gasteiger partial charge >= 0.3 is 0 Å². The highest BCUT2D eigenvalue weighted by atomic mass is 16.1. The Morgan fingerprint density at radius 2 is 1.79 bits per heavy atom. The van der Waals surface area contributed by atoms with Gasteiger partial charge in [-0.3, -0.25) is 4.79 Å². The van der Waals surface area contributed by atoms with Crippen LogP contribution >= 0.6 is 0 Å². The lowest BCUT2D eigenvalue weighted by Gasteiger charge is -2.14. The highest BCUT2D eigenvalue weighted by Gasteiger charge is 2.09. The number of amides is 1. The molecule has 2 atom stereocenters. The van der Waals surface area contributed by atoms with Crippen LogP contribution in [0, 0.1) is 5.92 Å². The summed E-state index contributed by atoms with van der Waals surface area (Å²) in [5, 5.41) is 2.80. The van der Waals surface area contributed by atoms with Crippen molar-refractivity contribution in [2.24, 2.45) is 17.4 Å². The zero-order chi connectivity index (χ0) is 11.1. The van der Waals surface area contributed by atoms with E-state index in [2.05, 4.69) is 5.32 Å². The number of hydrogen-bond donors (Lipinski definition) is 3. The van der Waals surface area contributed by atoms with Crippen molar-refractivity contribution in [1.82, 2.24) is 5.32 Å². The number of nitrogens with one attached hydrogen (secondary N) is 1. The van der Waals surface area contributed by atoms with E-state index in [9.17, 15) is 4.79 Å². The molecular formula is C10H23N3O. The van der Waals surface area contributed by atoms with Crippen molar-refractivity contribution >= 4 is 5.91 Å². The van der Waals surface area contributed by atoms with Crippen LogP contribution in [-0.4, -0.2) is 24.5 Å². The predicted octanol–water partition coefficient (Wildman–Crippen LogP) is 0.213. The summed E-state index contributed by atoms with van der Waals surface area (Å²) in [5.74, 6) is 0.0804. The van der Waals surface area contributed by atoms with E-state index >= 15 is 0 Å². The van der Waals surface area contributed by atoms with Crippen molar-refractivity contribution in [3.05, 3.63) is 0 Å². The summed E-state index contributed by atoms with van der Waals surface area (Å²) in [4.78, 5) is 11.2. The summed E-state index contributed by atoms with van der Waals surface area (Å²) in [5.41, 5.74) is 11.4. The topological polar surface area (TPSA) is 81.1 Å². The van der Waals surface area contributed by atoms with Crippen LogP contribution < -0.4 is 16.8 Å². The second-order valence-corrected chi connectivity index (χ2v) is 4.21. The SMILES string of the molecule is CC(N)CC[C@H](N)CNC(=O)C(C)C. The molecule has 0 fully saturated rings. The van der Waals surface area contributed by atoms with Gasteiger partial charge in [0.2, 0.25) is 5.91 Å². The first-order valence-corrected chi connectivity index (χ1v) is 5.22. The molecule has 0 saturated carbocycles. The summed E-state index contributed by atoms with van der Waals surface area (Å²) in [6.07, 6.45) is 1.76. The maximum Gasteiger partial charge on any atom is 0.222 e. The summed E-state index contributed by atoms with van der Waals surface area (Å²) >= 11 is 0. The van der Waals surface area contributed by atoms with Crippen molar-refractivity contribution in [1.29, 1.82) is 0 Å². The van der Waals surface area contributed by atoms with E-state index in [1.54, 1.807) is 0 Å². The first-order valence-electron chi connectivity index (χ1n) is 5.22. The normalized spacial score (nSPS) is 15.3. The standard InChI is InChI=1S/C10H23N3O/c1-7(2)10(14)13-6-9(12)5-4-8(3)11/h7-9H,4-6,11-12H2,1-3H3,(H,13,14)/t8?,9-/m0/s1. The quantitative estimate of drug-likeness (QED) is 0.575. The fourth-order valence-electron chi connectivity index (χ4n) is 1.01. The van der Waals surface area contributed by atoms with Gasteiger partial charge in [-0.15, -0.1) is 0 Å². The van der Waals surface area contributed by atoms with Gasteiger partial charge in [0.05, 0.1) is 0 Å². The van der Waals surface area contributed by atoms with Gasteiger partial charge in [0, 0.05) is 24.5 Å². The van der Waals surface area contributed by atoms with Crippen molar-refractivity contribution in [2.45, 2.75) is 45.7 Å². The van der Waals surface area contributed by atoms with Gasteiger partial charge in [0.1, 0.15) is 0 Å². The lowest BCUT2D eigenvalue weighted by atomic mass is 10.1. The van der Waals surface area contributed by atoms with E-state index in [0.29, 0.717) is 6.54 Å². The first kappa shape index (κ1) is 13.4. The molecule has 1 unspecified atom stereocenters. The maximum absolute atomic E-state index is 11.2. The zero-order valence-electron chi connectivity index (χ0n) is 9.42. The van der Waals surface area contributed by atoms with E-state index in [-0.39, 0.29) is 23.9 Å². The van der Waals surface area contributed by atoms with Crippen molar-refractivity contribution in [3.63, 3.8) is 0 Å². The third-order valence-corrected chi connectivity index (χ3v) is 2.06. The average molecular weight is 201 g/mol. The minimum absolute atomic E-state index is 0.0173. The molecule has 0 aliphatic carbocycles. The predicted molar refractivity (Wildman–Crippen MR) is 58.7 cm³/mol. The van der Waals surface area contributed by atoms with Crippen molar-refractivity contribution in [3.8, 4) is 0 Å². The lowest BCUT2D eigenvalue weighted by Crippen LogP contribution is -2.39. The first-order chi connectivity index (χ1) is 6.43. The summed E-state index contributed by atoms with van der Waals surface area (Å²) in [7, 11) is 0. The molecule has 4 heteroatoms. The number of hydrogen-bond acceptors (Lipinski definition) is 3. The van der Waals surface area contributed by atoms with Gasteiger partial charge in [0.25, 0.3) is 0 Å². The fraction of sp³-hybridized carbons (Fsp3) is 0.900. The largest absolute Gasteiger partial charge is 0.354 e. The molecule has 0 aromatic rings. The Kier molecular flexibility index (Phi) is 6.49. The van der Waals surface area contributed by atoms with Crippen LogP contribution in [0.25, 0.3) is 0 Å². The van der Waals surface area contributed by atoms with Crippen molar-refractivity contribution < 1.29 is 4.79 Å². The molecule has 0 rings (SSSR count). The molecule has 5 N–H and O–H groups in total. The number of carbonyl (C=O) groups excluding carboxylic acids is 1. The van der Waals surface area contributed by atoms with Crippen LogP contribution in [0.2, 0.25) is 0 Å². The Morgan fingerprint density at radius 1 is 1.21 bits per heavy atom. The van der Waals surface area contributed by atoms with Gasteiger partial charge in [-0.05, 0) is 19.8 Å². The Balaban J connectivity index is 3.53. The van der Waals surface area contributed by atoms with E-state index < -0.39 is 0 Å². The molecule has 1 amide bonds. The Morgan fingerprint density at radius 3 is 2.21 bits per heavy atom. The minimum Gasteiger partial charge on any atom is -0.354 e. The second kappa shape index (κ2) is 6.79. The molecule has 4 nitrogen and oxygen atoms in total. The molecule has 0 aromatic heterocycles. The second-order valence-electron chi connectivity index (χ2n) is 4.21. The summed E-state index contributed by atoms with van der Waals surface area (Å²) in [6.45, 7) is 6.23. The molecular weight excluding hydrogens is 178 g/mol. The van der Waals surface area contributed by atoms with Gasteiger partial charge in [-0.2, -0.15) is 0 Å². The Labute approximate surface area is 86.4 Å². The number of rotatable bonds is 6. The molecule has 0 bridgehead atoms. The molecule has 0 heterocycles. The van der Waals surface area contributed by atoms with Crippen molar-refractivity contribution in [2.75, 3.05) is 6.54 Å². The molecule has 0 radical (unpaired) electrons. The van der Waals surface area contributed by atoms with Crippen LogP contribution in [0.5, 0.6) is 0 Å². The summed E-state index contributed by atoms with van der Waals surface area (Å²) in [6, 6.07) is 0.200. The maximum atomic E-state index is 11.2. The van der Waals surface area contributed by atoms with Crippen LogP contribution in [0.3, 0.4) is 0 Å². The highest BCUT2D eigenvalue weighted by molar-refractivity contribution is 5.77. The highest BCUT2D eigenvalue weighted by Crippen LogP contribution is 1.97. The minimum atomic E-state index is 0.0173. The summed E-state index contributed by atoms with van der Waals surface area (Å²) < 4.78 is 0. The monoisotopic (exact) mass is 201 g/mol. The lowest BCUT2D eigenvalue weighted by molar-refractivity contribution is -0.124. The number of nitrogens with two attached hydrogens (primary N) is 2. The van der Waals surface area contributed by atoms with Crippen LogP contribution in [-0.2, 0) is 4.79 Å². The van der Waals surface area contributed by atoms with Gasteiger partial charge in [0.15, 0.2) is 0 Å². The Bertz CT molecular complexity index is 169. The van der Waals surface area contributed by atoms with Crippen LogP contribution in [0.1, 0.15) is 33.6 Å². The van der Waals surface area contributed by atoms with Gasteiger partial charge < -0.3 is 16.8 Å². The smallest absolute Gasteiger partial charge is 0.222 e. The van der Waals surface area contributed by atoms with E-state index in [0.717, 1.165) is 12.8 Å². The Hall–Kier alpha value is -0.610. The number of carbonyl (C=O) groups is 1. The molecule has 0 aromatic carbocycles. The molecule has 0 aliphatic rings. The fourth-order valence-corrected chi connectivity index (χ4v) is 1.01. The van der Waals surface area contributed by atoms with E-state index in [1.165, 1.54) is 0 Å². The van der Waals surface area contributed by atoms with E-state index in [4.69, 9.17) is 11.5 Å². The third kappa shape index (κ3) is 6.86. The molecule has 14 heavy (non-hydrogen) atoms. The molecule has 0 aliphatic heterocycles. The zero-order valence-corrected chi connectivity index (χ0v) is 9.42. The molecule has 0 spiro atoms. The third-order valence-electron chi connectivity index (χ3n) is 2.06. The van der Waals surface area contributed by atoms with Crippen LogP contribution in [0.15, 0.2) is 0 Å². The molecule has 84 valence electrons.